The topological polar surface area (TPSA) is 36.9 Å². The lowest BCUT2D eigenvalue weighted by atomic mass is 9.51. The standard InChI is InChI=1S/C42H62O4/c1-9-11-33(46-39(3,4)5)26-43-23-21-29-12-14-30(15-13-29)36-25-41(8)32(10-2)17-19-37(41)35-18-16-31-24-42(22-20-34(31)38(35)36)44-27-40(6,7)28-45-42/h10-15,31-32,35-37H,2,9,16-28H2,1,3-8H3/b33-11-. The van der Waals surface area contributed by atoms with Gasteiger partial charge in [0.1, 0.15) is 18.0 Å². The monoisotopic (exact) mass is 630 g/mol. The van der Waals surface area contributed by atoms with Crippen molar-refractivity contribution >= 4 is 0 Å². The van der Waals surface area contributed by atoms with Crippen LogP contribution in [0.25, 0.3) is 0 Å². The summed E-state index contributed by atoms with van der Waals surface area (Å²) >= 11 is 0. The third-order valence-corrected chi connectivity index (χ3v) is 12.2. The molecule has 4 heteroatoms. The molecular weight excluding hydrogens is 568 g/mol. The van der Waals surface area contributed by atoms with Crippen molar-refractivity contribution < 1.29 is 18.9 Å². The van der Waals surface area contributed by atoms with Gasteiger partial charge in [0.15, 0.2) is 5.79 Å². The average molecular weight is 631 g/mol. The summed E-state index contributed by atoms with van der Waals surface area (Å²) in [5.41, 5.74) is 6.68. The van der Waals surface area contributed by atoms with Gasteiger partial charge in [-0.05, 0) is 118 Å². The second kappa shape index (κ2) is 13.2. The van der Waals surface area contributed by atoms with Gasteiger partial charge in [0.2, 0.25) is 0 Å². The number of allylic oxidation sites excluding steroid dienone is 4. The van der Waals surface area contributed by atoms with Crippen LogP contribution in [0.2, 0.25) is 0 Å². The van der Waals surface area contributed by atoms with Crippen molar-refractivity contribution in [1.82, 2.24) is 0 Å². The fourth-order valence-electron chi connectivity index (χ4n) is 9.98. The molecule has 0 bridgehead atoms. The minimum Gasteiger partial charge on any atom is -0.490 e. The second-order valence-electron chi connectivity index (χ2n) is 17.3. The lowest BCUT2D eigenvalue weighted by molar-refractivity contribution is -0.312. The molecule has 1 saturated heterocycles. The van der Waals surface area contributed by atoms with Crippen LogP contribution >= 0.6 is 0 Å². The van der Waals surface area contributed by atoms with E-state index in [-0.39, 0.29) is 16.8 Å². The van der Waals surface area contributed by atoms with Crippen LogP contribution in [0.4, 0.5) is 0 Å². The highest BCUT2D eigenvalue weighted by molar-refractivity contribution is 5.41. The molecule has 4 nitrogen and oxygen atoms in total. The van der Waals surface area contributed by atoms with Gasteiger partial charge in [-0.1, -0.05) is 69.2 Å². The van der Waals surface area contributed by atoms with Crippen LogP contribution in [0.1, 0.15) is 123 Å². The summed E-state index contributed by atoms with van der Waals surface area (Å²) in [5.74, 6) is 3.76. The molecule has 0 radical (unpaired) electrons. The molecule has 6 unspecified atom stereocenters. The molecule has 5 aliphatic rings. The van der Waals surface area contributed by atoms with Gasteiger partial charge in [-0.3, -0.25) is 0 Å². The first kappa shape index (κ1) is 34.0. The van der Waals surface area contributed by atoms with Gasteiger partial charge in [0.25, 0.3) is 0 Å². The first-order valence-corrected chi connectivity index (χ1v) is 18.5. The Morgan fingerprint density at radius 2 is 1.74 bits per heavy atom. The van der Waals surface area contributed by atoms with Crippen LogP contribution in [-0.4, -0.2) is 37.8 Å². The van der Waals surface area contributed by atoms with Crippen LogP contribution in [0.5, 0.6) is 0 Å². The molecule has 3 saturated carbocycles. The molecule has 4 fully saturated rings. The summed E-state index contributed by atoms with van der Waals surface area (Å²) in [4.78, 5) is 0. The highest BCUT2D eigenvalue weighted by atomic mass is 16.7. The van der Waals surface area contributed by atoms with Crippen LogP contribution in [0.15, 0.2) is 59.9 Å². The van der Waals surface area contributed by atoms with E-state index in [1.807, 2.05) is 5.57 Å². The van der Waals surface area contributed by atoms with Crippen LogP contribution in [0.3, 0.4) is 0 Å². The number of benzene rings is 1. The number of rotatable bonds is 9. The Balaban J connectivity index is 1.20. The molecule has 1 heterocycles. The molecule has 6 rings (SSSR count). The van der Waals surface area contributed by atoms with E-state index in [2.05, 4.69) is 91.5 Å². The Kier molecular flexibility index (Phi) is 9.76. The lowest BCUT2D eigenvalue weighted by Crippen LogP contribution is -2.51. The molecular formula is C42H62O4. The molecule has 1 aromatic rings. The minimum atomic E-state index is -0.368. The minimum absolute atomic E-state index is 0.110. The Morgan fingerprint density at radius 1 is 1.00 bits per heavy atom. The van der Waals surface area contributed by atoms with E-state index >= 15 is 0 Å². The predicted octanol–water partition coefficient (Wildman–Crippen LogP) is 10.3. The number of ether oxygens (including phenoxy) is 4. The summed E-state index contributed by atoms with van der Waals surface area (Å²) in [5, 5.41) is 0. The van der Waals surface area contributed by atoms with E-state index < -0.39 is 0 Å². The zero-order chi connectivity index (χ0) is 32.7. The molecule has 254 valence electrons. The van der Waals surface area contributed by atoms with Gasteiger partial charge < -0.3 is 18.9 Å². The molecule has 1 aliphatic heterocycles. The molecule has 1 spiro atoms. The van der Waals surface area contributed by atoms with Gasteiger partial charge in [-0.25, -0.2) is 0 Å². The molecule has 46 heavy (non-hydrogen) atoms. The fraction of sp³-hybridized carbons (Fsp3) is 0.714. The molecule has 0 N–H and O–H groups in total. The van der Waals surface area contributed by atoms with Crippen LogP contribution in [0, 0.1) is 34.5 Å². The first-order chi connectivity index (χ1) is 21.9. The van der Waals surface area contributed by atoms with Crippen molar-refractivity contribution in [2.45, 2.75) is 130 Å². The van der Waals surface area contributed by atoms with E-state index in [4.69, 9.17) is 18.9 Å². The Bertz CT molecular complexity index is 1290. The number of fused-ring (bicyclic) bond motifs is 4. The molecule has 0 amide bonds. The van der Waals surface area contributed by atoms with Gasteiger partial charge in [-0.15, -0.1) is 6.58 Å². The summed E-state index contributed by atoms with van der Waals surface area (Å²) in [6, 6.07) is 9.62. The zero-order valence-corrected chi connectivity index (χ0v) is 30.1. The largest absolute Gasteiger partial charge is 0.490 e. The summed E-state index contributed by atoms with van der Waals surface area (Å²) in [6.07, 6.45) is 16.0. The van der Waals surface area contributed by atoms with E-state index in [9.17, 15) is 0 Å². The molecule has 4 aliphatic carbocycles. The third kappa shape index (κ3) is 6.96. The maximum absolute atomic E-state index is 6.56. The summed E-state index contributed by atoms with van der Waals surface area (Å²) in [7, 11) is 0. The highest BCUT2D eigenvalue weighted by Gasteiger charge is 2.57. The SMILES string of the molecule is C=CC1CCC2C3CCC4CC5(CCC4=C3C(c3ccc(CCOC/C(=C/CC)OC(C)(C)C)cc3)CC12C)OCC(C)(C)CO5. The quantitative estimate of drug-likeness (QED) is 0.155. The van der Waals surface area contributed by atoms with E-state index in [1.165, 1.54) is 43.2 Å². The molecule has 1 aromatic carbocycles. The number of hydrogen-bond acceptors (Lipinski definition) is 4. The van der Waals surface area contributed by atoms with Gasteiger partial charge in [0, 0.05) is 24.2 Å². The fourth-order valence-corrected chi connectivity index (χ4v) is 9.98. The van der Waals surface area contributed by atoms with Crippen molar-refractivity contribution in [2.75, 3.05) is 26.4 Å². The van der Waals surface area contributed by atoms with Gasteiger partial charge in [0.05, 0.1) is 19.8 Å². The Hall–Kier alpha value is -1.88. The van der Waals surface area contributed by atoms with Crippen molar-refractivity contribution in [1.29, 1.82) is 0 Å². The van der Waals surface area contributed by atoms with Crippen molar-refractivity contribution in [2.24, 2.45) is 34.5 Å². The maximum atomic E-state index is 6.56. The van der Waals surface area contributed by atoms with Crippen molar-refractivity contribution in [3.05, 3.63) is 71.0 Å². The molecule has 0 aromatic heterocycles. The normalized spacial score (nSPS) is 33.7. The summed E-state index contributed by atoms with van der Waals surface area (Å²) in [6.45, 7) is 22.7. The van der Waals surface area contributed by atoms with Crippen LogP contribution < -0.4 is 0 Å². The zero-order valence-electron chi connectivity index (χ0n) is 30.1. The highest BCUT2D eigenvalue weighted by Crippen LogP contribution is 2.66. The number of hydrogen-bond donors (Lipinski definition) is 0. The smallest absolute Gasteiger partial charge is 0.169 e. The first-order valence-electron chi connectivity index (χ1n) is 18.5. The van der Waals surface area contributed by atoms with E-state index in [0.717, 1.165) is 57.0 Å². The van der Waals surface area contributed by atoms with Crippen molar-refractivity contribution in [3.63, 3.8) is 0 Å². The lowest BCUT2D eigenvalue weighted by Gasteiger charge is -2.55. The summed E-state index contributed by atoms with van der Waals surface area (Å²) < 4.78 is 25.3. The predicted molar refractivity (Wildman–Crippen MR) is 188 cm³/mol. The Morgan fingerprint density at radius 3 is 2.41 bits per heavy atom. The van der Waals surface area contributed by atoms with E-state index in [0.29, 0.717) is 42.3 Å². The Labute approximate surface area is 280 Å². The van der Waals surface area contributed by atoms with Gasteiger partial charge in [-0.2, -0.15) is 0 Å². The maximum Gasteiger partial charge on any atom is 0.169 e. The van der Waals surface area contributed by atoms with Crippen molar-refractivity contribution in [3.8, 4) is 0 Å². The van der Waals surface area contributed by atoms with E-state index in [1.54, 1.807) is 5.57 Å². The third-order valence-electron chi connectivity index (χ3n) is 12.2. The van der Waals surface area contributed by atoms with Crippen LogP contribution in [-0.2, 0) is 25.4 Å². The average Bonchev–Trinajstić information content (AvgIpc) is 3.36. The second-order valence-corrected chi connectivity index (χ2v) is 17.3. The molecule has 6 atom stereocenters. The van der Waals surface area contributed by atoms with Gasteiger partial charge >= 0.3 is 0 Å².